The minimum atomic E-state index is -1.76. The number of aliphatic hydroxyl groups is 7. The van der Waals surface area contributed by atoms with E-state index < -0.39 is 80.5 Å². The molecule has 0 aromatic rings. The predicted molar refractivity (Wildman–Crippen MR) is 80.2 cm³/mol. The number of hydrogen-bond donors (Lipinski definition) is 8. The molecule has 0 aromatic heterocycles. The second kappa shape index (κ2) is 8.84. The van der Waals surface area contributed by atoms with Crippen LogP contribution < -0.4 is 5.32 Å². The van der Waals surface area contributed by atoms with Crippen LogP contribution >= 0.6 is 0 Å². The maximum Gasteiger partial charge on any atom is 0.217 e. The summed E-state index contributed by atoms with van der Waals surface area (Å²) in [7, 11) is 0. The molecule has 26 heavy (non-hydrogen) atoms. The Morgan fingerprint density at radius 3 is 2.00 bits per heavy atom. The highest BCUT2D eigenvalue weighted by atomic mass is 16.7. The van der Waals surface area contributed by atoms with Crippen molar-refractivity contribution >= 4 is 5.91 Å². The van der Waals surface area contributed by atoms with Gasteiger partial charge in [-0.1, -0.05) is 0 Å². The highest BCUT2D eigenvalue weighted by Crippen LogP contribution is 2.28. The van der Waals surface area contributed by atoms with Crippen LogP contribution in [0.15, 0.2) is 0 Å². The van der Waals surface area contributed by atoms with E-state index in [9.17, 15) is 35.4 Å². The van der Waals surface area contributed by atoms with Gasteiger partial charge in [-0.25, -0.2) is 0 Å². The lowest BCUT2D eigenvalue weighted by atomic mass is 9.96. The summed E-state index contributed by atoms with van der Waals surface area (Å²) < 4.78 is 15.7. The van der Waals surface area contributed by atoms with Gasteiger partial charge in [0, 0.05) is 6.92 Å². The van der Waals surface area contributed by atoms with Crippen molar-refractivity contribution in [3.05, 3.63) is 0 Å². The number of rotatable bonds is 5. The summed E-state index contributed by atoms with van der Waals surface area (Å²) in [5.41, 5.74) is 0. The van der Waals surface area contributed by atoms with Crippen LogP contribution in [0.3, 0.4) is 0 Å². The van der Waals surface area contributed by atoms with E-state index in [-0.39, 0.29) is 0 Å². The standard InChI is InChI=1S/C14H25NO11/c1-4(18)15-7-10(21)8(19)6(3-17)25-14(7)26-12-11(22)9(20)5(2-16)24-13(12)23/h5-14,16-17,19-23H,2-3H2,1H3,(H,15,18)/t5?,6?,7?,8-,9-,10-,11+,12?,13+,14+/m1/s1. The summed E-state index contributed by atoms with van der Waals surface area (Å²) in [6, 6.07) is -1.29. The molecule has 4 unspecified atom stereocenters. The summed E-state index contributed by atoms with van der Waals surface area (Å²) in [5, 5.41) is 70.7. The zero-order valence-electron chi connectivity index (χ0n) is 14.0. The molecule has 0 bridgehead atoms. The number of aliphatic hydroxyl groups excluding tert-OH is 7. The maximum atomic E-state index is 11.4. The minimum absolute atomic E-state index is 0.581. The molecule has 0 saturated carbocycles. The molecule has 1 amide bonds. The summed E-state index contributed by atoms with van der Waals surface area (Å²) in [5.74, 6) is -0.581. The van der Waals surface area contributed by atoms with Crippen molar-refractivity contribution in [2.75, 3.05) is 13.2 Å². The Morgan fingerprint density at radius 1 is 0.923 bits per heavy atom. The van der Waals surface area contributed by atoms with Crippen LogP contribution in [0.4, 0.5) is 0 Å². The molecular formula is C14H25NO11. The van der Waals surface area contributed by atoms with E-state index in [2.05, 4.69) is 5.32 Å². The molecule has 8 N–H and O–H groups in total. The lowest BCUT2D eigenvalue weighted by Crippen LogP contribution is -2.67. The average Bonchev–Trinajstić information content (AvgIpc) is 2.60. The molecule has 10 atom stereocenters. The van der Waals surface area contributed by atoms with Crippen molar-refractivity contribution in [1.29, 1.82) is 0 Å². The zero-order chi connectivity index (χ0) is 19.6. The number of nitrogens with one attached hydrogen (secondary N) is 1. The lowest BCUT2D eigenvalue weighted by Gasteiger charge is -2.46. The van der Waals surface area contributed by atoms with Crippen molar-refractivity contribution in [2.24, 2.45) is 0 Å². The van der Waals surface area contributed by atoms with Gasteiger partial charge in [0.2, 0.25) is 5.91 Å². The second-order valence-electron chi connectivity index (χ2n) is 6.26. The Hall–Kier alpha value is -0.930. The van der Waals surface area contributed by atoms with Crippen molar-refractivity contribution in [2.45, 2.75) is 68.3 Å². The van der Waals surface area contributed by atoms with Crippen LogP contribution in [0.1, 0.15) is 6.92 Å². The van der Waals surface area contributed by atoms with Crippen LogP contribution in [0.2, 0.25) is 0 Å². The minimum Gasteiger partial charge on any atom is -0.394 e. The molecule has 0 aliphatic carbocycles. The van der Waals surface area contributed by atoms with E-state index in [1.54, 1.807) is 0 Å². The van der Waals surface area contributed by atoms with E-state index in [1.807, 2.05) is 0 Å². The molecule has 0 aromatic carbocycles. The molecule has 2 fully saturated rings. The molecule has 2 aliphatic heterocycles. The number of ether oxygens (including phenoxy) is 3. The number of hydrogen-bond acceptors (Lipinski definition) is 11. The van der Waals surface area contributed by atoms with Gasteiger partial charge in [-0.15, -0.1) is 0 Å². The molecule has 12 heteroatoms. The summed E-state index contributed by atoms with van der Waals surface area (Å²) in [4.78, 5) is 11.4. The van der Waals surface area contributed by atoms with Gasteiger partial charge in [0.15, 0.2) is 12.6 Å². The Balaban J connectivity index is 2.18. The first-order chi connectivity index (χ1) is 12.2. The smallest absolute Gasteiger partial charge is 0.217 e. The third-order valence-electron chi connectivity index (χ3n) is 4.38. The van der Waals surface area contributed by atoms with Gasteiger partial charge in [-0.2, -0.15) is 0 Å². The van der Waals surface area contributed by atoms with E-state index >= 15 is 0 Å². The third-order valence-corrected chi connectivity index (χ3v) is 4.38. The first-order valence-corrected chi connectivity index (χ1v) is 8.06. The third kappa shape index (κ3) is 4.31. The van der Waals surface area contributed by atoms with Crippen LogP contribution in [-0.2, 0) is 19.0 Å². The number of carbonyl (C=O) groups excluding carboxylic acids is 1. The highest BCUT2D eigenvalue weighted by Gasteiger charge is 2.50. The first-order valence-electron chi connectivity index (χ1n) is 8.06. The normalized spacial score (nSPS) is 46.8. The molecular weight excluding hydrogens is 358 g/mol. The summed E-state index contributed by atoms with van der Waals surface area (Å²) >= 11 is 0. The van der Waals surface area contributed by atoms with Gasteiger partial charge in [0.25, 0.3) is 0 Å². The fraction of sp³-hybridized carbons (Fsp3) is 0.929. The zero-order valence-corrected chi connectivity index (χ0v) is 14.0. The monoisotopic (exact) mass is 383 g/mol. The lowest BCUT2D eigenvalue weighted by molar-refractivity contribution is -0.348. The molecule has 2 heterocycles. The van der Waals surface area contributed by atoms with Crippen LogP contribution in [0, 0.1) is 0 Å². The van der Waals surface area contributed by atoms with E-state index in [0.29, 0.717) is 0 Å². The largest absolute Gasteiger partial charge is 0.394 e. The first kappa shape index (κ1) is 21.4. The van der Waals surface area contributed by atoms with Gasteiger partial charge >= 0.3 is 0 Å². The van der Waals surface area contributed by atoms with Gasteiger partial charge in [-0.3, -0.25) is 4.79 Å². The van der Waals surface area contributed by atoms with Gasteiger partial charge < -0.3 is 55.3 Å². The molecule has 2 rings (SSSR count). The topological polar surface area (TPSA) is 198 Å². The van der Waals surface area contributed by atoms with Crippen LogP contribution in [0.5, 0.6) is 0 Å². The number of carbonyl (C=O) groups is 1. The Labute approximate surface area is 148 Å². The Morgan fingerprint density at radius 2 is 1.46 bits per heavy atom. The van der Waals surface area contributed by atoms with Crippen molar-refractivity contribution in [3.63, 3.8) is 0 Å². The Kier molecular flexibility index (Phi) is 7.27. The Bertz CT molecular complexity index is 480. The SMILES string of the molecule is CC(=O)NC1[C@H](OC2[C@@H](O)[C@H](O)C(CO)O[C@@H]2O)OC(CO)[C@@H](O)[C@@H]1O. The van der Waals surface area contributed by atoms with Gasteiger partial charge in [0.05, 0.1) is 13.2 Å². The molecule has 2 saturated heterocycles. The quantitative estimate of drug-likeness (QED) is 0.226. The van der Waals surface area contributed by atoms with E-state index in [4.69, 9.17) is 19.3 Å². The van der Waals surface area contributed by atoms with Gasteiger partial charge in [0.1, 0.15) is 48.8 Å². The molecule has 0 spiro atoms. The maximum absolute atomic E-state index is 11.4. The van der Waals surface area contributed by atoms with E-state index in [1.165, 1.54) is 0 Å². The fourth-order valence-corrected chi connectivity index (χ4v) is 2.96. The predicted octanol–water partition coefficient (Wildman–Crippen LogP) is -5.25. The number of amides is 1. The van der Waals surface area contributed by atoms with Crippen LogP contribution in [0.25, 0.3) is 0 Å². The molecule has 2 aliphatic rings. The van der Waals surface area contributed by atoms with Crippen LogP contribution in [-0.4, -0.2) is 116 Å². The molecule has 12 nitrogen and oxygen atoms in total. The summed E-state index contributed by atoms with van der Waals surface area (Å²) in [6.45, 7) is -0.183. The summed E-state index contributed by atoms with van der Waals surface area (Å²) in [6.07, 6.45) is -13.7. The second-order valence-corrected chi connectivity index (χ2v) is 6.26. The van der Waals surface area contributed by atoms with Crippen molar-refractivity contribution < 1.29 is 54.8 Å². The van der Waals surface area contributed by atoms with E-state index in [0.717, 1.165) is 6.92 Å². The van der Waals surface area contributed by atoms with Gasteiger partial charge in [-0.05, 0) is 0 Å². The highest BCUT2D eigenvalue weighted by molar-refractivity contribution is 5.73. The molecule has 0 radical (unpaired) electrons. The van der Waals surface area contributed by atoms with Crippen molar-refractivity contribution in [1.82, 2.24) is 5.32 Å². The van der Waals surface area contributed by atoms with Crippen molar-refractivity contribution in [3.8, 4) is 0 Å². The fourth-order valence-electron chi connectivity index (χ4n) is 2.96. The average molecular weight is 383 g/mol. The molecule has 152 valence electrons.